The van der Waals surface area contributed by atoms with E-state index in [-0.39, 0.29) is 11.9 Å². The van der Waals surface area contributed by atoms with E-state index in [1.165, 1.54) is 19.3 Å². The van der Waals surface area contributed by atoms with Crippen molar-refractivity contribution in [2.75, 3.05) is 0 Å². The first-order valence-corrected chi connectivity index (χ1v) is 9.44. The molecule has 7 nitrogen and oxygen atoms in total. The summed E-state index contributed by atoms with van der Waals surface area (Å²) in [5, 5.41) is 29.2. The summed E-state index contributed by atoms with van der Waals surface area (Å²) in [6.07, 6.45) is 8.18. The number of aromatic amines is 1. The normalized spacial score (nSPS) is 24.1. The second-order valence-corrected chi connectivity index (χ2v) is 7.60. The van der Waals surface area contributed by atoms with Crippen LogP contribution in [-0.4, -0.2) is 36.8 Å². The zero-order valence-corrected chi connectivity index (χ0v) is 14.9. The topological polar surface area (TPSA) is 96.8 Å². The van der Waals surface area contributed by atoms with Gasteiger partial charge in [0.25, 0.3) is 0 Å². The molecule has 2 aromatic heterocycles. The van der Waals surface area contributed by atoms with Crippen molar-refractivity contribution in [1.82, 2.24) is 25.6 Å². The van der Waals surface area contributed by atoms with Gasteiger partial charge in [-0.1, -0.05) is 18.9 Å². The molecule has 0 spiro atoms. The van der Waals surface area contributed by atoms with Gasteiger partial charge in [-0.05, 0) is 49.3 Å². The number of rotatable bonds is 4. The third-order valence-corrected chi connectivity index (χ3v) is 5.75. The average Bonchev–Trinajstić information content (AvgIpc) is 3.32. The quantitative estimate of drug-likeness (QED) is 0.735. The van der Waals surface area contributed by atoms with E-state index in [2.05, 4.69) is 25.6 Å². The number of ether oxygens (including phenoxy) is 1. The smallest absolute Gasteiger partial charge is 0.233 e. The Morgan fingerprint density at radius 2 is 1.81 bits per heavy atom. The number of aromatic nitrogens is 5. The largest absolute Gasteiger partial charge is 0.507 e. The Labute approximate surface area is 156 Å². The summed E-state index contributed by atoms with van der Waals surface area (Å²) in [6, 6.07) is 9.00. The molecule has 138 valence electrons. The summed E-state index contributed by atoms with van der Waals surface area (Å²) in [5.41, 5.74) is 2.69. The predicted molar refractivity (Wildman–Crippen MR) is 99.0 cm³/mol. The molecular formula is C20H21N5O2. The predicted octanol–water partition coefficient (Wildman–Crippen LogP) is 3.59. The highest BCUT2D eigenvalue weighted by Crippen LogP contribution is 2.43. The van der Waals surface area contributed by atoms with Crippen LogP contribution in [0.4, 0.5) is 0 Å². The van der Waals surface area contributed by atoms with Crippen molar-refractivity contribution < 1.29 is 9.84 Å². The summed E-state index contributed by atoms with van der Waals surface area (Å²) in [4.78, 5) is 0. The van der Waals surface area contributed by atoms with Gasteiger partial charge >= 0.3 is 0 Å². The van der Waals surface area contributed by atoms with E-state index in [0.717, 1.165) is 30.2 Å². The van der Waals surface area contributed by atoms with Gasteiger partial charge < -0.3 is 9.84 Å². The van der Waals surface area contributed by atoms with Gasteiger partial charge in [-0.2, -0.15) is 15.4 Å². The van der Waals surface area contributed by atoms with Crippen LogP contribution < -0.4 is 4.74 Å². The molecule has 0 radical (unpaired) electrons. The zero-order valence-electron chi connectivity index (χ0n) is 14.9. The number of phenolic OH excluding ortho intramolecular Hbond substituents is 1. The lowest BCUT2D eigenvalue weighted by Crippen LogP contribution is -2.26. The van der Waals surface area contributed by atoms with Crippen molar-refractivity contribution in [2.45, 2.75) is 38.2 Å². The van der Waals surface area contributed by atoms with Crippen LogP contribution in [0.25, 0.3) is 22.5 Å². The summed E-state index contributed by atoms with van der Waals surface area (Å²) in [6.45, 7) is 0. The Kier molecular flexibility index (Phi) is 3.99. The van der Waals surface area contributed by atoms with Gasteiger partial charge in [-0.15, -0.1) is 10.2 Å². The summed E-state index contributed by atoms with van der Waals surface area (Å²) < 4.78 is 6.07. The average molecular weight is 363 g/mol. The van der Waals surface area contributed by atoms with E-state index in [9.17, 15) is 5.11 Å². The minimum absolute atomic E-state index is 0.127. The molecule has 3 aromatic rings. The lowest BCUT2D eigenvalue weighted by Gasteiger charge is -2.27. The molecule has 7 heteroatoms. The number of nitrogens with one attached hydrogen (secondary N) is 1. The fourth-order valence-electron chi connectivity index (χ4n) is 4.49. The van der Waals surface area contributed by atoms with Crippen LogP contribution in [0, 0.1) is 11.8 Å². The summed E-state index contributed by atoms with van der Waals surface area (Å²) in [7, 11) is 0. The first-order valence-electron chi connectivity index (χ1n) is 9.44. The second kappa shape index (κ2) is 6.64. The fourth-order valence-corrected chi connectivity index (χ4v) is 4.49. The van der Waals surface area contributed by atoms with E-state index < -0.39 is 0 Å². The van der Waals surface area contributed by atoms with Crippen LogP contribution in [0.2, 0.25) is 0 Å². The van der Waals surface area contributed by atoms with E-state index in [0.29, 0.717) is 22.8 Å². The monoisotopic (exact) mass is 363 g/mol. The second-order valence-electron chi connectivity index (χ2n) is 7.60. The lowest BCUT2D eigenvalue weighted by molar-refractivity contribution is 0.113. The highest BCUT2D eigenvalue weighted by Gasteiger charge is 2.35. The first-order chi connectivity index (χ1) is 13.2. The molecule has 5 rings (SSSR count). The molecule has 0 aliphatic heterocycles. The molecule has 3 atom stereocenters. The fraction of sp³-hybridized carbons (Fsp3) is 0.400. The Bertz CT molecular complexity index is 914. The van der Waals surface area contributed by atoms with Crippen LogP contribution >= 0.6 is 0 Å². The lowest BCUT2D eigenvalue weighted by atomic mass is 9.87. The minimum atomic E-state index is 0.127. The van der Waals surface area contributed by atoms with Gasteiger partial charge in [0.05, 0.1) is 11.9 Å². The van der Waals surface area contributed by atoms with Crippen molar-refractivity contribution >= 4 is 0 Å². The molecule has 2 saturated carbocycles. The minimum Gasteiger partial charge on any atom is -0.507 e. The van der Waals surface area contributed by atoms with Crippen molar-refractivity contribution in [3.05, 3.63) is 36.5 Å². The maximum absolute atomic E-state index is 10.4. The Morgan fingerprint density at radius 3 is 2.48 bits per heavy atom. The highest BCUT2D eigenvalue weighted by atomic mass is 16.5. The van der Waals surface area contributed by atoms with Crippen LogP contribution in [0.15, 0.2) is 36.5 Å². The van der Waals surface area contributed by atoms with Gasteiger partial charge in [0, 0.05) is 17.2 Å². The van der Waals surface area contributed by atoms with Crippen LogP contribution in [0.1, 0.15) is 32.1 Å². The standard InChI is InChI=1S/C20H21N5O2/c26-19-10-14(18-11-21-25-23-18)3-4-16(19)17-5-6-20(24-22-17)27-15-8-12-1-2-13(7-12)9-15/h3-6,10-13,15,26H,1-2,7-9H2,(H,21,23,25)/t12-,13?,15?/m0/s1. The maximum atomic E-state index is 10.4. The van der Waals surface area contributed by atoms with Gasteiger partial charge in [-0.3, -0.25) is 0 Å². The SMILES string of the molecule is Oc1cc(-c2cn[nH]n2)ccc1-c1ccc(OC2CC3CC[C@@H](C3)C2)nn1. The van der Waals surface area contributed by atoms with Crippen molar-refractivity contribution in [1.29, 1.82) is 0 Å². The molecule has 2 fully saturated rings. The van der Waals surface area contributed by atoms with Gasteiger partial charge in [0.2, 0.25) is 5.88 Å². The van der Waals surface area contributed by atoms with Crippen LogP contribution in [0.3, 0.4) is 0 Å². The van der Waals surface area contributed by atoms with Gasteiger partial charge in [-0.25, -0.2) is 0 Å². The molecule has 2 aliphatic carbocycles. The summed E-state index contributed by atoms with van der Waals surface area (Å²) in [5.74, 6) is 2.33. The first kappa shape index (κ1) is 16.2. The van der Waals surface area contributed by atoms with E-state index in [4.69, 9.17) is 4.74 Å². The van der Waals surface area contributed by atoms with Crippen LogP contribution in [0.5, 0.6) is 11.6 Å². The molecular weight excluding hydrogens is 342 g/mol. The maximum Gasteiger partial charge on any atom is 0.233 e. The van der Waals surface area contributed by atoms with Crippen molar-refractivity contribution in [2.24, 2.45) is 11.8 Å². The summed E-state index contributed by atoms with van der Waals surface area (Å²) >= 11 is 0. The number of benzene rings is 1. The molecule has 1 aromatic carbocycles. The molecule has 2 bridgehead atoms. The Balaban J connectivity index is 1.31. The number of phenols is 1. The van der Waals surface area contributed by atoms with E-state index in [1.54, 1.807) is 12.3 Å². The Morgan fingerprint density at radius 1 is 0.963 bits per heavy atom. The molecule has 0 amide bonds. The highest BCUT2D eigenvalue weighted by molar-refractivity contribution is 5.72. The number of H-pyrrole nitrogens is 1. The Hall–Kier alpha value is -2.96. The number of nitrogens with zero attached hydrogens (tertiary/aromatic N) is 4. The van der Waals surface area contributed by atoms with E-state index >= 15 is 0 Å². The van der Waals surface area contributed by atoms with Crippen molar-refractivity contribution in [3.8, 4) is 34.1 Å². The van der Waals surface area contributed by atoms with E-state index in [1.807, 2.05) is 24.3 Å². The molecule has 2 unspecified atom stereocenters. The zero-order chi connectivity index (χ0) is 18.2. The van der Waals surface area contributed by atoms with Gasteiger partial charge in [0.15, 0.2) is 0 Å². The number of hydrogen-bond donors (Lipinski definition) is 2. The number of fused-ring (bicyclic) bond motifs is 2. The van der Waals surface area contributed by atoms with Gasteiger partial charge in [0.1, 0.15) is 17.5 Å². The molecule has 0 saturated heterocycles. The molecule has 27 heavy (non-hydrogen) atoms. The molecule has 2 aliphatic rings. The molecule has 2 heterocycles. The van der Waals surface area contributed by atoms with Crippen molar-refractivity contribution in [3.63, 3.8) is 0 Å². The number of hydrogen-bond acceptors (Lipinski definition) is 6. The van der Waals surface area contributed by atoms with Crippen LogP contribution in [-0.2, 0) is 0 Å². The molecule has 2 N–H and O–H groups in total. The third kappa shape index (κ3) is 3.25. The third-order valence-electron chi connectivity index (χ3n) is 5.75. The number of aromatic hydroxyl groups is 1.